The Morgan fingerprint density at radius 1 is 1.06 bits per heavy atom. The molecule has 7 nitrogen and oxygen atoms in total. The Morgan fingerprint density at radius 2 is 1.76 bits per heavy atom. The molecule has 0 saturated carbocycles. The molecule has 0 unspecified atom stereocenters. The number of carbonyl (C=O) groups excluding carboxylic acids is 1. The Kier molecular flexibility index (Phi) is 6.95. The van der Waals surface area contributed by atoms with Gasteiger partial charge in [-0.15, -0.1) is 10.2 Å². The second-order valence-electron chi connectivity index (χ2n) is 7.62. The molecule has 33 heavy (non-hydrogen) atoms. The van der Waals surface area contributed by atoms with E-state index in [0.717, 1.165) is 17.7 Å². The quantitative estimate of drug-likeness (QED) is 0.415. The van der Waals surface area contributed by atoms with Crippen molar-refractivity contribution >= 4 is 5.97 Å². The number of alkyl halides is 3. The molecule has 2 aromatic carbocycles. The van der Waals surface area contributed by atoms with E-state index in [-0.39, 0.29) is 25.0 Å². The van der Waals surface area contributed by atoms with Gasteiger partial charge in [-0.1, -0.05) is 0 Å². The lowest BCUT2D eigenvalue weighted by Crippen LogP contribution is -2.39. The Morgan fingerprint density at radius 3 is 2.36 bits per heavy atom. The van der Waals surface area contributed by atoms with E-state index in [4.69, 9.17) is 18.6 Å². The van der Waals surface area contributed by atoms with Gasteiger partial charge in [0.15, 0.2) is 12.2 Å². The molecule has 0 aliphatic heterocycles. The minimum atomic E-state index is -4.42. The first kappa shape index (κ1) is 24.1. The Bertz CT molecular complexity index is 1110. The highest BCUT2D eigenvalue weighted by molar-refractivity contribution is 5.79. The standard InChI is InChI=1S/C23H23F3N2O5/c1-5-30-21(29)22(3,4)33-18-11-10-17(12-14(18)2)31-13-19-27-28-20(32-19)15-6-8-16(9-7-15)23(24,25)26/h6-12H,5,13H2,1-4H3. The smallest absolute Gasteiger partial charge is 0.416 e. The summed E-state index contributed by atoms with van der Waals surface area (Å²) >= 11 is 0. The van der Waals surface area contributed by atoms with Crippen molar-refractivity contribution in [2.45, 2.75) is 46.1 Å². The monoisotopic (exact) mass is 464 g/mol. The molecule has 0 radical (unpaired) electrons. The van der Waals surface area contributed by atoms with Crippen molar-refractivity contribution < 1.29 is 36.6 Å². The molecule has 0 atom stereocenters. The molecule has 0 spiro atoms. The maximum Gasteiger partial charge on any atom is 0.416 e. The SMILES string of the molecule is CCOC(=O)C(C)(C)Oc1ccc(OCc2nnc(-c3ccc(C(F)(F)F)cc3)o2)cc1C. The normalized spacial score (nSPS) is 11.8. The second kappa shape index (κ2) is 9.51. The molecule has 176 valence electrons. The molecular formula is C23H23F3N2O5. The molecule has 3 rings (SSSR count). The first-order valence-electron chi connectivity index (χ1n) is 10.1. The largest absolute Gasteiger partial charge is 0.484 e. The van der Waals surface area contributed by atoms with Gasteiger partial charge in [-0.05, 0) is 75.7 Å². The zero-order chi connectivity index (χ0) is 24.2. The Balaban J connectivity index is 1.62. The number of rotatable bonds is 8. The number of esters is 1. The third-order valence-corrected chi connectivity index (χ3v) is 4.57. The number of halogens is 3. The summed E-state index contributed by atoms with van der Waals surface area (Å²) in [5, 5.41) is 7.72. The highest BCUT2D eigenvalue weighted by Crippen LogP contribution is 2.31. The van der Waals surface area contributed by atoms with Gasteiger partial charge < -0.3 is 18.6 Å². The summed E-state index contributed by atoms with van der Waals surface area (Å²) in [6.45, 7) is 6.99. The first-order chi connectivity index (χ1) is 15.5. The van der Waals surface area contributed by atoms with Gasteiger partial charge in [0.05, 0.1) is 12.2 Å². The van der Waals surface area contributed by atoms with Crippen LogP contribution in [0.15, 0.2) is 46.9 Å². The van der Waals surface area contributed by atoms with Gasteiger partial charge in [0.1, 0.15) is 11.5 Å². The fraction of sp³-hybridized carbons (Fsp3) is 0.348. The van der Waals surface area contributed by atoms with E-state index in [1.54, 1.807) is 45.9 Å². The number of hydrogen-bond donors (Lipinski definition) is 0. The van der Waals surface area contributed by atoms with Crippen LogP contribution in [0.5, 0.6) is 11.5 Å². The summed E-state index contributed by atoms with van der Waals surface area (Å²) in [7, 11) is 0. The number of aryl methyl sites for hydroxylation is 1. The minimum absolute atomic E-state index is 0.0401. The Hall–Kier alpha value is -3.56. The van der Waals surface area contributed by atoms with Gasteiger partial charge in [0, 0.05) is 5.56 Å². The van der Waals surface area contributed by atoms with Crippen LogP contribution in [-0.4, -0.2) is 28.4 Å². The summed E-state index contributed by atoms with van der Waals surface area (Å²) in [4.78, 5) is 12.0. The molecule has 3 aromatic rings. The van der Waals surface area contributed by atoms with E-state index >= 15 is 0 Å². The predicted octanol–water partition coefficient (Wildman–Crippen LogP) is 5.36. The fourth-order valence-electron chi connectivity index (χ4n) is 2.82. The zero-order valence-electron chi connectivity index (χ0n) is 18.5. The van der Waals surface area contributed by atoms with Crippen molar-refractivity contribution in [3.63, 3.8) is 0 Å². The predicted molar refractivity (Wildman–Crippen MR) is 112 cm³/mol. The summed E-state index contributed by atoms with van der Waals surface area (Å²) in [6.07, 6.45) is -4.42. The summed E-state index contributed by atoms with van der Waals surface area (Å²) in [5.74, 6) is 0.783. The van der Waals surface area contributed by atoms with Crippen molar-refractivity contribution in [2.75, 3.05) is 6.61 Å². The van der Waals surface area contributed by atoms with Crippen LogP contribution < -0.4 is 9.47 Å². The van der Waals surface area contributed by atoms with E-state index in [0.29, 0.717) is 17.1 Å². The molecule has 0 amide bonds. The van der Waals surface area contributed by atoms with Crippen LogP contribution >= 0.6 is 0 Å². The summed E-state index contributed by atoms with van der Waals surface area (Å²) in [5.41, 5.74) is -0.811. The third kappa shape index (κ3) is 6.03. The van der Waals surface area contributed by atoms with E-state index in [2.05, 4.69) is 10.2 Å². The lowest BCUT2D eigenvalue weighted by Gasteiger charge is -2.25. The molecule has 0 bridgehead atoms. The number of nitrogens with zero attached hydrogens (tertiary/aromatic N) is 2. The van der Waals surface area contributed by atoms with Gasteiger partial charge in [-0.2, -0.15) is 13.2 Å². The van der Waals surface area contributed by atoms with Gasteiger partial charge in [-0.25, -0.2) is 4.79 Å². The Labute approximate surface area is 188 Å². The molecule has 0 fully saturated rings. The van der Waals surface area contributed by atoms with Gasteiger partial charge in [0.2, 0.25) is 5.89 Å². The molecular weight excluding hydrogens is 441 g/mol. The summed E-state index contributed by atoms with van der Waals surface area (Å²) in [6, 6.07) is 9.49. The van der Waals surface area contributed by atoms with Crippen molar-refractivity contribution in [1.29, 1.82) is 0 Å². The lowest BCUT2D eigenvalue weighted by atomic mass is 10.1. The van der Waals surface area contributed by atoms with Crippen LogP contribution in [0.4, 0.5) is 13.2 Å². The number of benzene rings is 2. The summed E-state index contributed by atoms with van der Waals surface area (Å²) < 4.78 is 60.1. The molecule has 0 aliphatic carbocycles. The number of ether oxygens (including phenoxy) is 3. The second-order valence-corrected chi connectivity index (χ2v) is 7.62. The highest BCUT2D eigenvalue weighted by atomic mass is 19.4. The van der Waals surface area contributed by atoms with E-state index in [1.807, 2.05) is 0 Å². The van der Waals surface area contributed by atoms with Gasteiger partial charge >= 0.3 is 12.1 Å². The fourth-order valence-corrected chi connectivity index (χ4v) is 2.82. The molecule has 0 saturated heterocycles. The minimum Gasteiger partial charge on any atom is -0.484 e. The number of hydrogen-bond acceptors (Lipinski definition) is 7. The van der Waals surface area contributed by atoms with Crippen molar-refractivity contribution in [2.24, 2.45) is 0 Å². The van der Waals surface area contributed by atoms with Crippen molar-refractivity contribution in [1.82, 2.24) is 10.2 Å². The number of carbonyl (C=O) groups is 1. The molecule has 0 aliphatic rings. The van der Waals surface area contributed by atoms with Crippen molar-refractivity contribution in [3.8, 4) is 23.0 Å². The van der Waals surface area contributed by atoms with Crippen LogP contribution in [0.2, 0.25) is 0 Å². The average Bonchev–Trinajstić information content (AvgIpc) is 3.23. The van der Waals surface area contributed by atoms with Crippen LogP contribution in [0.3, 0.4) is 0 Å². The topological polar surface area (TPSA) is 83.7 Å². The van der Waals surface area contributed by atoms with E-state index in [9.17, 15) is 18.0 Å². The molecule has 1 heterocycles. The van der Waals surface area contributed by atoms with Crippen LogP contribution in [0.1, 0.15) is 37.8 Å². The van der Waals surface area contributed by atoms with Crippen molar-refractivity contribution in [3.05, 3.63) is 59.5 Å². The van der Waals surface area contributed by atoms with E-state index in [1.165, 1.54) is 12.1 Å². The maximum atomic E-state index is 12.7. The third-order valence-electron chi connectivity index (χ3n) is 4.57. The van der Waals surface area contributed by atoms with Gasteiger partial charge in [0.25, 0.3) is 5.89 Å². The van der Waals surface area contributed by atoms with Crippen LogP contribution in [-0.2, 0) is 22.3 Å². The average molecular weight is 464 g/mol. The van der Waals surface area contributed by atoms with Crippen LogP contribution in [0, 0.1) is 6.92 Å². The van der Waals surface area contributed by atoms with Gasteiger partial charge in [-0.3, -0.25) is 0 Å². The molecule has 1 aromatic heterocycles. The highest BCUT2D eigenvalue weighted by Gasteiger charge is 2.32. The van der Waals surface area contributed by atoms with Crippen LogP contribution in [0.25, 0.3) is 11.5 Å². The lowest BCUT2D eigenvalue weighted by molar-refractivity contribution is -0.158. The number of aromatic nitrogens is 2. The first-order valence-corrected chi connectivity index (χ1v) is 10.1. The maximum absolute atomic E-state index is 12.7. The molecule has 0 N–H and O–H groups in total. The molecule has 10 heteroatoms. The zero-order valence-corrected chi connectivity index (χ0v) is 18.5. The van der Waals surface area contributed by atoms with E-state index < -0.39 is 23.3 Å².